The average Bonchev–Trinajstić information content (AvgIpc) is 2.99. The molecule has 1 aliphatic rings. The van der Waals surface area contributed by atoms with Crippen LogP contribution in [0.1, 0.15) is 41.9 Å². The SMILES string of the molecule is COc1cccc(CNC(=O)c2c(OC)cc(=O)n3c2CCN(CCC(C)C)CC3)c1. The molecule has 0 saturated heterocycles. The quantitative estimate of drug-likeness (QED) is 0.701. The first kappa shape index (κ1) is 22.9. The van der Waals surface area contributed by atoms with Crippen LogP contribution in [0.25, 0.3) is 0 Å². The van der Waals surface area contributed by atoms with Gasteiger partial charge in [0.2, 0.25) is 0 Å². The standard InChI is InChI=1S/C24H33N3O4/c1-17(2)8-10-26-11-9-20-23(21(31-4)15-22(28)27(20)13-12-26)24(29)25-16-18-6-5-7-19(14-18)30-3/h5-7,14-15,17H,8-13,16H2,1-4H3,(H,25,29). The number of benzene rings is 1. The first-order valence-electron chi connectivity index (χ1n) is 10.9. The highest BCUT2D eigenvalue weighted by molar-refractivity contribution is 5.98. The number of hydrogen-bond donors (Lipinski definition) is 1. The van der Waals surface area contributed by atoms with E-state index in [9.17, 15) is 9.59 Å². The summed E-state index contributed by atoms with van der Waals surface area (Å²) in [4.78, 5) is 28.3. The molecule has 0 atom stereocenters. The number of hydrogen-bond acceptors (Lipinski definition) is 5. The van der Waals surface area contributed by atoms with E-state index in [-0.39, 0.29) is 11.5 Å². The van der Waals surface area contributed by atoms with Gasteiger partial charge in [0.1, 0.15) is 17.1 Å². The summed E-state index contributed by atoms with van der Waals surface area (Å²) in [5.74, 6) is 1.46. The van der Waals surface area contributed by atoms with Crippen molar-refractivity contribution in [3.63, 3.8) is 0 Å². The number of aromatic nitrogens is 1. The molecule has 7 heteroatoms. The van der Waals surface area contributed by atoms with Gasteiger partial charge in [-0.2, -0.15) is 0 Å². The van der Waals surface area contributed by atoms with E-state index in [1.807, 2.05) is 24.3 Å². The van der Waals surface area contributed by atoms with Crippen molar-refractivity contribution in [1.29, 1.82) is 0 Å². The van der Waals surface area contributed by atoms with Crippen molar-refractivity contribution >= 4 is 5.91 Å². The van der Waals surface area contributed by atoms with Gasteiger partial charge < -0.3 is 24.3 Å². The molecule has 1 amide bonds. The second kappa shape index (κ2) is 10.5. The fourth-order valence-electron chi connectivity index (χ4n) is 3.92. The van der Waals surface area contributed by atoms with Crippen LogP contribution in [-0.4, -0.2) is 49.2 Å². The van der Waals surface area contributed by atoms with E-state index >= 15 is 0 Å². The number of pyridine rings is 1. The Morgan fingerprint density at radius 3 is 2.65 bits per heavy atom. The Morgan fingerprint density at radius 2 is 1.94 bits per heavy atom. The molecule has 7 nitrogen and oxygen atoms in total. The van der Waals surface area contributed by atoms with Gasteiger partial charge in [-0.1, -0.05) is 26.0 Å². The molecule has 1 aliphatic heterocycles. The Bertz CT molecular complexity index is 968. The van der Waals surface area contributed by atoms with Crippen molar-refractivity contribution in [3.8, 4) is 11.5 Å². The number of nitrogens with one attached hydrogen (secondary N) is 1. The van der Waals surface area contributed by atoms with Crippen LogP contribution in [0, 0.1) is 5.92 Å². The van der Waals surface area contributed by atoms with E-state index in [1.54, 1.807) is 11.7 Å². The monoisotopic (exact) mass is 427 g/mol. The minimum atomic E-state index is -0.237. The van der Waals surface area contributed by atoms with Crippen molar-refractivity contribution in [1.82, 2.24) is 14.8 Å². The van der Waals surface area contributed by atoms with Gasteiger partial charge in [0.25, 0.3) is 11.5 Å². The predicted octanol–water partition coefficient (Wildman–Crippen LogP) is 2.70. The van der Waals surface area contributed by atoms with Crippen molar-refractivity contribution in [3.05, 3.63) is 57.5 Å². The number of rotatable bonds is 8. The summed E-state index contributed by atoms with van der Waals surface area (Å²) >= 11 is 0. The Hall–Kier alpha value is -2.80. The summed E-state index contributed by atoms with van der Waals surface area (Å²) in [6.45, 7) is 7.98. The highest BCUT2D eigenvalue weighted by atomic mass is 16.5. The molecule has 1 aromatic carbocycles. The van der Waals surface area contributed by atoms with E-state index in [0.29, 0.717) is 36.7 Å². The summed E-state index contributed by atoms with van der Waals surface area (Å²) in [6.07, 6.45) is 1.74. The van der Waals surface area contributed by atoms with Crippen LogP contribution in [0.2, 0.25) is 0 Å². The highest BCUT2D eigenvalue weighted by Gasteiger charge is 2.25. The van der Waals surface area contributed by atoms with Gasteiger partial charge in [-0.05, 0) is 36.6 Å². The van der Waals surface area contributed by atoms with Crippen molar-refractivity contribution in [2.45, 2.75) is 39.8 Å². The third-order valence-electron chi connectivity index (χ3n) is 5.74. The molecule has 0 radical (unpaired) electrons. The minimum absolute atomic E-state index is 0.123. The second-order valence-electron chi connectivity index (χ2n) is 8.33. The lowest BCUT2D eigenvalue weighted by molar-refractivity contribution is 0.0945. The van der Waals surface area contributed by atoms with Gasteiger partial charge in [-0.15, -0.1) is 0 Å². The minimum Gasteiger partial charge on any atom is -0.497 e. The maximum atomic E-state index is 13.2. The van der Waals surface area contributed by atoms with Gasteiger partial charge >= 0.3 is 0 Å². The average molecular weight is 428 g/mol. The summed E-state index contributed by atoms with van der Waals surface area (Å²) in [5.41, 5.74) is 2.02. The number of carbonyl (C=O) groups is 1. The molecule has 2 aromatic rings. The van der Waals surface area contributed by atoms with Crippen LogP contribution >= 0.6 is 0 Å². The second-order valence-corrected chi connectivity index (χ2v) is 8.33. The fourth-order valence-corrected chi connectivity index (χ4v) is 3.92. The molecular formula is C24H33N3O4. The van der Waals surface area contributed by atoms with Crippen LogP contribution in [0.5, 0.6) is 11.5 Å². The molecule has 0 spiro atoms. The lowest BCUT2D eigenvalue weighted by Gasteiger charge is -2.20. The van der Waals surface area contributed by atoms with Gasteiger partial charge in [0, 0.05) is 44.4 Å². The van der Waals surface area contributed by atoms with Gasteiger partial charge in [0.15, 0.2) is 0 Å². The van der Waals surface area contributed by atoms with E-state index in [0.717, 1.165) is 43.1 Å². The molecule has 0 unspecified atom stereocenters. The number of amides is 1. The molecule has 2 heterocycles. The summed E-state index contributed by atoms with van der Waals surface area (Å²) < 4.78 is 12.4. The molecule has 1 N–H and O–H groups in total. The number of nitrogens with zero attached hydrogens (tertiary/aromatic N) is 2. The summed E-state index contributed by atoms with van der Waals surface area (Å²) in [5, 5.41) is 2.98. The Kier molecular flexibility index (Phi) is 7.74. The predicted molar refractivity (Wildman–Crippen MR) is 121 cm³/mol. The van der Waals surface area contributed by atoms with Gasteiger partial charge in [-0.3, -0.25) is 9.59 Å². The van der Waals surface area contributed by atoms with Crippen LogP contribution in [0.3, 0.4) is 0 Å². The van der Waals surface area contributed by atoms with Crippen LogP contribution in [-0.2, 0) is 19.5 Å². The molecule has 1 aromatic heterocycles. The molecule has 0 saturated carbocycles. The first-order valence-corrected chi connectivity index (χ1v) is 10.9. The number of methoxy groups -OCH3 is 2. The fraction of sp³-hybridized carbons (Fsp3) is 0.500. The zero-order chi connectivity index (χ0) is 22.4. The van der Waals surface area contributed by atoms with Gasteiger partial charge in [-0.25, -0.2) is 0 Å². The highest BCUT2D eigenvalue weighted by Crippen LogP contribution is 2.23. The van der Waals surface area contributed by atoms with Crippen molar-refractivity contribution < 1.29 is 14.3 Å². The zero-order valence-electron chi connectivity index (χ0n) is 18.9. The maximum absolute atomic E-state index is 13.2. The Balaban J connectivity index is 1.83. The van der Waals surface area contributed by atoms with Gasteiger partial charge in [0.05, 0.1) is 14.2 Å². The lowest BCUT2D eigenvalue weighted by Crippen LogP contribution is -2.31. The molecule has 0 fully saturated rings. The molecule has 3 rings (SSSR count). The third-order valence-corrected chi connectivity index (χ3v) is 5.74. The smallest absolute Gasteiger partial charge is 0.257 e. The Labute approximate surface area is 184 Å². The molecular weight excluding hydrogens is 394 g/mol. The zero-order valence-corrected chi connectivity index (χ0v) is 18.9. The van der Waals surface area contributed by atoms with E-state index in [4.69, 9.17) is 9.47 Å². The number of fused-ring (bicyclic) bond motifs is 1. The number of carbonyl (C=O) groups excluding carboxylic acids is 1. The Morgan fingerprint density at radius 1 is 1.13 bits per heavy atom. The van der Waals surface area contributed by atoms with E-state index in [2.05, 4.69) is 24.1 Å². The topological polar surface area (TPSA) is 72.8 Å². The summed E-state index contributed by atoms with van der Waals surface area (Å²) in [6, 6.07) is 9.00. The van der Waals surface area contributed by atoms with E-state index < -0.39 is 0 Å². The largest absolute Gasteiger partial charge is 0.497 e. The van der Waals surface area contributed by atoms with Crippen LogP contribution in [0.4, 0.5) is 0 Å². The molecule has 0 aliphatic carbocycles. The normalized spacial score (nSPS) is 14.1. The molecule has 168 valence electrons. The van der Waals surface area contributed by atoms with Crippen LogP contribution in [0.15, 0.2) is 35.1 Å². The van der Waals surface area contributed by atoms with Crippen molar-refractivity contribution in [2.75, 3.05) is 33.9 Å². The van der Waals surface area contributed by atoms with E-state index in [1.165, 1.54) is 13.2 Å². The van der Waals surface area contributed by atoms with Crippen molar-refractivity contribution in [2.24, 2.45) is 5.92 Å². The summed E-state index contributed by atoms with van der Waals surface area (Å²) in [7, 11) is 3.11. The third kappa shape index (κ3) is 5.67. The molecule has 0 bridgehead atoms. The lowest BCUT2D eigenvalue weighted by atomic mass is 10.1. The maximum Gasteiger partial charge on any atom is 0.257 e. The molecule has 31 heavy (non-hydrogen) atoms. The number of ether oxygens (including phenoxy) is 2. The first-order chi connectivity index (χ1) is 14.9. The van der Waals surface area contributed by atoms with Crippen LogP contribution < -0.4 is 20.3 Å².